The number of hydrogen-bond donors (Lipinski definition) is 0. The Kier molecular flexibility index (Phi) is 4.35. The van der Waals surface area contributed by atoms with Gasteiger partial charge in [0.05, 0.1) is 11.4 Å². The SMILES string of the molecule is Cc1csc(N2CCCN(c3ccc(-n4ccc(C)n4)nn3)CC2)n1. The number of hydrogen-bond acceptors (Lipinski definition) is 7. The fourth-order valence-electron chi connectivity index (χ4n) is 2.98. The van der Waals surface area contributed by atoms with Crippen LogP contribution in [-0.2, 0) is 0 Å². The molecule has 0 bridgehead atoms. The maximum absolute atomic E-state index is 4.61. The topological polar surface area (TPSA) is 63.0 Å². The Bertz CT molecular complexity index is 839. The van der Waals surface area contributed by atoms with Crippen LogP contribution in [0.1, 0.15) is 17.8 Å². The van der Waals surface area contributed by atoms with E-state index in [1.807, 2.05) is 38.2 Å². The highest BCUT2D eigenvalue weighted by Gasteiger charge is 2.18. The summed E-state index contributed by atoms with van der Waals surface area (Å²) in [5.74, 6) is 1.66. The third kappa shape index (κ3) is 3.48. The van der Waals surface area contributed by atoms with Gasteiger partial charge in [0.2, 0.25) is 0 Å². The highest BCUT2D eigenvalue weighted by atomic mass is 32.1. The van der Waals surface area contributed by atoms with Gasteiger partial charge in [-0.3, -0.25) is 0 Å². The quantitative estimate of drug-likeness (QED) is 0.719. The average Bonchev–Trinajstić information content (AvgIpc) is 3.17. The molecular formula is C17H21N7S. The zero-order valence-corrected chi connectivity index (χ0v) is 15.3. The van der Waals surface area contributed by atoms with Crippen LogP contribution in [0.15, 0.2) is 29.8 Å². The van der Waals surface area contributed by atoms with Crippen molar-refractivity contribution >= 4 is 22.3 Å². The third-order valence-electron chi connectivity index (χ3n) is 4.29. The van der Waals surface area contributed by atoms with Crippen molar-refractivity contribution in [1.29, 1.82) is 0 Å². The molecule has 1 fully saturated rings. The number of aromatic nitrogens is 5. The van der Waals surface area contributed by atoms with Gasteiger partial charge in [0.15, 0.2) is 16.8 Å². The van der Waals surface area contributed by atoms with Crippen LogP contribution in [-0.4, -0.2) is 51.1 Å². The van der Waals surface area contributed by atoms with Gasteiger partial charge in [0.25, 0.3) is 0 Å². The summed E-state index contributed by atoms with van der Waals surface area (Å²) < 4.78 is 1.75. The summed E-state index contributed by atoms with van der Waals surface area (Å²) in [7, 11) is 0. The van der Waals surface area contributed by atoms with E-state index in [0.29, 0.717) is 0 Å². The minimum absolute atomic E-state index is 0.742. The van der Waals surface area contributed by atoms with Gasteiger partial charge in [-0.05, 0) is 38.5 Å². The summed E-state index contributed by atoms with van der Waals surface area (Å²) in [5.41, 5.74) is 2.06. The van der Waals surface area contributed by atoms with Gasteiger partial charge >= 0.3 is 0 Å². The van der Waals surface area contributed by atoms with Crippen LogP contribution >= 0.6 is 11.3 Å². The number of anilines is 2. The smallest absolute Gasteiger partial charge is 0.185 e. The number of aryl methyl sites for hydroxylation is 2. The predicted molar refractivity (Wildman–Crippen MR) is 99.8 cm³/mol. The van der Waals surface area contributed by atoms with Crippen molar-refractivity contribution in [2.24, 2.45) is 0 Å². The van der Waals surface area contributed by atoms with Gasteiger partial charge in [-0.1, -0.05) is 0 Å². The van der Waals surface area contributed by atoms with Crippen molar-refractivity contribution in [3.05, 3.63) is 41.2 Å². The normalized spacial score (nSPS) is 15.4. The van der Waals surface area contributed by atoms with Crippen LogP contribution < -0.4 is 9.80 Å². The van der Waals surface area contributed by atoms with Gasteiger partial charge in [-0.15, -0.1) is 21.5 Å². The van der Waals surface area contributed by atoms with Crippen LogP contribution in [0.5, 0.6) is 0 Å². The second-order valence-corrected chi connectivity index (χ2v) is 7.09. The van der Waals surface area contributed by atoms with Crippen molar-refractivity contribution < 1.29 is 0 Å². The van der Waals surface area contributed by atoms with Crippen molar-refractivity contribution in [3.8, 4) is 5.82 Å². The van der Waals surface area contributed by atoms with E-state index in [1.54, 1.807) is 16.0 Å². The molecule has 1 aliphatic rings. The summed E-state index contributed by atoms with van der Waals surface area (Å²) in [4.78, 5) is 9.27. The van der Waals surface area contributed by atoms with E-state index < -0.39 is 0 Å². The Balaban J connectivity index is 1.45. The van der Waals surface area contributed by atoms with Gasteiger partial charge in [-0.2, -0.15) is 5.10 Å². The first-order chi connectivity index (χ1) is 12.2. The lowest BCUT2D eigenvalue weighted by atomic mass is 10.3. The first-order valence-electron chi connectivity index (χ1n) is 8.47. The molecule has 0 atom stereocenters. The second kappa shape index (κ2) is 6.79. The summed E-state index contributed by atoms with van der Waals surface area (Å²) in [5, 5.41) is 16.4. The monoisotopic (exact) mass is 355 g/mol. The van der Waals surface area contributed by atoms with E-state index in [1.165, 1.54) is 0 Å². The summed E-state index contributed by atoms with van der Waals surface area (Å²) in [6.45, 7) is 7.90. The molecular weight excluding hydrogens is 334 g/mol. The van der Waals surface area contributed by atoms with E-state index in [0.717, 1.165) is 60.8 Å². The fourth-order valence-corrected chi connectivity index (χ4v) is 3.83. The van der Waals surface area contributed by atoms with Crippen molar-refractivity contribution in [2.45, 2.75) is 20.3 Å². The maximum Gasteiger partial charge on any atom is 0.185 e. The molecule has 0 amide bonds. The highest BCUT2D eigenvalue weighted by molar-refractivity contribution is 7.13. The van der Waals surface area contributed by atoms with Crippen molar-refractivity contribution in [1.82, 2.24) is 25.0 Å². The molecule has 0 aliphatic carbocycles. The molecule has 3 aromatic heterocycles. The van der Waals surface area contributed by atoms with Crippen LogP contribution in [0.4, 0.5) is 10.9 Å². The first kappa shape index (κ1) is 16.0. The Hall–Kier alpha value is -2.48. The predicted octanol–water partition coefficient (Wildman–Crippen LogP) is 2.45. The van der Waals surface area contributed by atoms with Crippen LogP contribution in [0.25, 0.3) is 5.82 Å². The Morgan fingerprint density at radius 2 is 1.64 bits per heavy atom. The molecule has 0 unspecified atom stereocenters. The van der Waals surface area contributed by atoms with E-state index in [2.05, 4.69) is 35.5 Å². The largest absolute Gasteiger partial charge is 0.353 e. The van der Waals surface area contributed by atoms with Crippen LogP contribution in [0.3, 0.4) is 0 Å². The Labute approximate surface area is 150 Å². The molecule has 4 heterocycles. The van der Waals surface area contributed by atoms with Crippen LogP contribution in [0.2, 0.25) is 0 Å². The molecule has 8 heteroatoms. The van der Waals surface area contributed by atoms with E-state index in [9.17, 15) is 0 Å². The molecule has 3 aromatic rings. The minimum atomic E-state index is 0.742. The fraction of sp³-hybridized carbons (Fsp3) is 0.412. The second-order valence-electron chi connectivity index (χ2n) is 6.25. The zero-order chi connectivity index (χ0) is 17.2. The van der Waals surface area contributed by atoms with Gasteiger partial charge < -0.3 is 9.80 Å². The minimum Gasteiger partial charge on any atom is -0.353 e. The number of nitrogens with zero attached hydrogens (tertiary/aromatic N) is 7. The zero-order valence-electron chi connectivity index (χ0n) is 14.5. The first-order valence-corrected chi connectivity index (χ1v) is 9.35. The summed E-state index contributed by atoms with van der Waals surface area (Å²) in [6.07, 6.45) is 2.99. The molecule has 1 saturated heterocycles. The molecule has 0 saturated carbocycles. The lowest BCUT2D eigenvalue weighted by Crippen LogP contribution is -2.31. The molecule has 0 spiro atoms. The number of rotatable bonds is 3. The van der Waals surface area contributed by atoms with E-state index in [-0.39, 0.29) is 0 Å². The van der Waals surface area contributed by atoms with Gasteiger partial charge in [0, 0.05) is 37.8 Å². The maximum atomic E-state index is 4.61. The Morgan fingerprint density at radius 1 is 0.880 bits per heavy atom. The van der Waals surface area contributed by atoms with Crippen molar-refractivity contribution in [2.75, 3.05) is 36.0 Å². The molecule has 7 nitrogen and oxygen atoms in total. The highest BCUT2D eigenvalue weighted by Crippen LogP contribution is 2.22. The van der Waals surface area contributed by atoms with E-state index in [4.69, 9.17) is 0 Å². The molecule has 0 aromatic carbocycles. The van der Waals surface area contributed by atoms with Gasteiger partial charge in [-0.25, -0.2) is 9.67 Å². The molecule has 130 valence electrons. The average molecular weight is 355 g/mol. The molecule has 4 rings (SSSR count). The molecule has 1 aliphatic heterocycles. The van der Waals surface area contributed by atoms with E-state index >= 15 is 0 Å². The van der Waals surface area contributed by atoms with Crippen LogP contribution in [0, 0.1) is 13.8 Å². The lowest BCUT2D eigenvalue weighted by molar-refractivity contribution is 0.764. The standard InChI is InChI=1S/C17H21N7S/c1-13-6-9-24(21-13)16-5-4-15(19-20-16)22-7-3-8-23(11-10-22)17-18-14(2)12-25-17/h4-6,9,12H,3,7-8,10-11H2,1-2H3. The summed E-state index contributed by atoms with van der Waals surface area (Å²) >= 11 is 1.72. The summed E-state index contributed by atoms with van der Waals surface area (Å²) in [6, 6.07) is 5.96. The van der Waals surface area contributed by atoms with Crippen molar-refractivity contribution in [3.63, 3.8) is 0 Å². The third-order valence-corrected chi connectivity index (χ3v) is 5.31. The molecule has 0 N–H and O–H groups in total. The Morgan fingerprint density at radius 3 is 2.32 bits per heavy atom. The van der Waals surface area contributed by atoms with Gasteiger partial charge in [0.1, 0.15) is 0 Å². The lowest BCUT2D eigenvalue weighted by Gasteiger charge is -2.22. The number of thiazole rings is 1. The molecule has 25 heavy (non-hydrogen) atoms. The molecule has 0 radical (unpaired) electrons.